The first-order valence-electron chi connectivity index (χ1n) is 9.87. The normalized spacial score (nSPS) is 23.1. The van der Waals surface area contributed by atoms with Gasteiger partial charge >= 0.3 is 0 Å². The van der Waals surface area contributed by atoms with Gasteiger partial charge in [-0.1, -0.05) is 24.8 Å². The fourth-order valence-corrected chi connectivity index (χ4v) is 3.53. The summed E-state index contributed by atoms with van der Waals surface area (Å²) in [5, 5.41) is 7.32. The molecule has 1 fully saturated rings. The fraction of sp³-hybridized carbons (Fsp3) is 0.435. The fourth-order valence-electron chi connectivity index (χ4n) is 3.53. The van der Waals surface area contributed by atoms with E-state index in [-0.39, 0.29) is 0 Å². The Morgan fingerprint density at radius 2 is 2.14 bits per heavy atom. The molecule has 2 aliphatic rings. The van der Waals surface area contributed by atoms with Crippen LogP contribution >= 0.6 is 0 Å². The Balaban J connectivity index is 2.35. The second-order valence-electron chi connectivity index (χ2n) is 7.49. The lowest BCUT2D eigenvalue weighted by atomic mass is 9.96. The maximum atomic E-state index is 14.1. The minimum absolute atomic E-state index is 0.398. The Kier molecular flexibility index (Phi) is 8.45. The molecule has 0 amide bonds. The van der Waals surface area contributed by atoms with E-state index in [0.29, 0.717) is 12.5 Å². The zero-order chi connectivity index (χ0) is 20.5. The van der Waals surface area contributed by atoms with Crippen LogP contribution < -0.4 is 11.2 Å². The van der Waals surface area contributed by atoms with Crippen molar-refractivity contribution in [2.45, 2.75) is 45.3 Å². The number of halogens is 1. The highest BCUT2D eigenvalue weighted by atomic mass is 19.1. The molecule has 0 bridgehead atoms. The number of piperidine rings is 1. The van der Waals surface area contributed by atoms with Gasteiger partial charge in [-0.3, -0.25) is 0 Å². The Hall–Kier alpha value is -2.40. The number of allylic oxidation sites excluding steroid dienone is 10. The first-order chi connectivity index (χ1) is 13.4. The molecule has 1 aliphatic heterocycles. The zero-order valence-electron chi connectivity index (χ0n) is 17.3. The lowest BCUT2D eigenvalue weighted by Crippen LogP contribution is -2.40. The van der Waals surface area contributed by atoms with E-state index in [1.54, 1.807) is 24.4 Å². The molecule has 1 unspecified atom stereocenters. The molecule has 28 heavy (non-hydrogen) atoms. The molecule has 3 N–H and O–H groups in total. The van der Waals surface area contributed by atoms with Crippen LogP contribution in [0.4, 0.5) is 4.39 Å². The average molecular weight is 385 g/mol. The van der Waals surface area contributed by atoms with Gasteiger partial charge in [0.1, 0.15) is 6.17 Å². The minimum atomic E-state index is -1.08. The highest BCUT2D eigenvalue weighted by molar-refractivity contribution is 5.63. The lowest BCUT2D eigenvalue weighted by molar-refractivity contribution is 0.242. The lowest BCUT2D eigenvalue weighted by Gasteiger charge is -2.31. The Bertz CT molecular complexity index is 732. The van der Waals surface area contributed by atoms with Crippen LogP contribution in [0.5, 0.6) is 0 Å². The SMILES string of the molecule is C=C/C(C/C=N\N)=C(/C=C(\C)C1=CC(F)C=CC=C1C)NC1CCN(C)CC1. The monoisotopic (exact) mass is 384 g/mol. The summed E-state index contributed by atoms with van der Waals surface area (Å²) in [6.45, 7) is 10.1. The Morgan fingerprint density at radius 1 is 1.43 bits per heavy atom. The molecule has 152 valence electrons. The van der Waals surface area contributed by atoms with Crippen molar-refractivity contribution in [1.29, 1.82) is 0 Å². The van der Waals surface area contributed by atoms with Crippen LogP contribution in [0, 0.1) is 0 Å². The quantitative estimate of drug-likeness (QED) is 0.300. The predicted octanol–water partition coefficient (Wildman–Crippen LogP) is 4.17. The number of nitrogens with zero attached hydrogens (tertiary/aromatic N) is 2. The third-order valence-electron chi connectivity index (χ3n) is 5.26. The van der Waals surface area contributed by atoms with Gasteiger partial charge in [-0.2, -0.15) is 5.10 Å². The summed E-state index contributed by atoms with van der Waals surface area (Å²) < 4.78 is 14.1. The molecule has 1 aliphatic carbocycles. The molecule has 0 aromatic carbocycles. The molecule has 0 spiro atoms. The molecule has 2 rings (SSSR count). The molecule has 0 aromatic rings. The van der Waals surface area contributed by atoms with Crippen LogP contribution in [0.15, 0.2) is 76.1 Å². The van der Waals surface area contributed by atoms with Crippen LogP contribution in [0.2, 0.25) is 0 Å². The van der Waals surface area contributed by atoms with Crippen molar-refractivity contribution in [2.75, 3.05) is 20.1 Å². The molecule has 0 saturated carbocycles. The van der Waals surface area contributed by atoms with E-state index in [1.807, 2.05) is 26.0 Å². The summed E-state index contributed by atoms with van der Waals surface area (Å²) in [7, 11) is 2.15. The van der Waals surface area contributed by atoms with Gasteiger partial charge in [0, 0.05) is 24.4 Å². The van der Waals surface area contributed by atoms with Gasteiger partial charge in [0.15, 0.2) is 0 Å². The molecule has 5 heteroatoms. The minimum Gasteiger partial charge on any atom is -0.382 e. The van der Waals surface area contributed by atoms with E-state index in [9.17, 15) is 4.39 Å². The summed E-state index contributed by atoms with van der Waals surface area (Å²) >= 11 is 0. The average Bonchev–Trinajstić information content (AvgIpc) is 2.84. The number of rotatable bonds is 7. The van der Waals surface area contributed by atoms with Crippen LogP contribution in [0.1, 0.15) is 33.1 Å². The molecule has 0 radical (unpaired) electrons. The van der Waals surface area contributed by atoms with E-state index >= 15 is 0 Å². The molecule has 1 saturated heterocycles. The first kappa shape index (κ1) is 21.9. The molecule has 1 atom stereocenters. The Labute approximate surface area is 168 Å². The maximum absolute atomic E-state index is 14.1. The Morgan fingerprint density at radius 3 is 2.79 bits per heavy atom. The van der Waals surface area contributed by atoms with E-state index in [2.05, 4.69) is 35.0 Å². The molecule has 1 heterocycles. The van der Waals surface area contributed by atoms with Crippen LogP contribution in [-0.4, -0.2) is 43.5 Å². The van der Waals surface area contributed by atoms with Crippen molar-refractivity contribution >= 4 is 6.21 Å². The third-order valence-corrected chi connectivity index (χ3v) is 5.26. The number of nitrogens with two attached hydrogens (primary N) is 1. The molecular weight excluding hydrogens is 351 g/mol. The summed E-state index contributed by atoms with van der Waals surface area (Å²) in [5.74, 6) is 5.31. The van der Waals surface area contributed by atoms with Crippen LogP contribution in [0.3, 0.4) is 0 Å². The summed E-state index contributed by atoms with van der Waals surface area (Å²) in [4.78, 5) is 2.34. The molecule has 4 nitrogen and oxygen atoms in total. The van der Waals surface area contributed by atoms with E-state index in [4.69, 9.17) is 5.84 Å². The van der Waals surface area contributed by atoms with Gasteiger partial charge in [0.25, 0.3) is 0 Å². The number of hydrogen-bond acceptors (Lipinski definition) is 4. The van der Waals surface area contributed by atoms with E-state index in [0.717, 1.165) is 53.9 Å². The van der Waals surface area contributed by atoms with Crippen molar-refractivity contribution in [2.24, 2.45) is 10.9 Å². The zero-order valence-corrected chi connectivity index (χ0v) is 17.3. The van der Waals surface area contributed by atoms with Crippen molar-refractivity contribution in [3.05, 3.63) is 71.0 Å². The smallest absolute Gasteiger partial charge is 0.138 e. The molecule has 0 aromatic heterocycles. The highest BCUT2D eigenvalue weighted by Crippen LogP contribution is 2.25. The number of likely N-dealkylation sites (tertiary alicyclic amines) is 1. The van der Waals surface area contributed by atoms with Crippen LogP contribution in [-0.2, 0) is 0 Å². The molecular formula is C23H33FN4. The topological polar surface area (TPSA) is 53.6 Å². The second-order valence-corrected chi connectivity index (χ2v) is 7.49. The first-order valence-corrected chi connectivity index (χ1v) is 9.87. The van der Waals surface area contributed by atoms with Gasteiger partial charge < -0.3 is 16.1 Å². The summed E-state index contributed by atoms with van der Waals surface area (Å²) in [6.07, 6.45) is 14.3. The van der Waals surface area contributed by atoms with E-state index < -0.39 is 6.17 Å². The summed E-state index contributed by atoms with van der Waals surface area (Å²) in [6, 6.07) is 0.398. The van der Waals surface area contributed by atoms with Gasteiger partial charge in [0.2, 0.25) is 0 Å². The largest absolute Gasteiger partial charge is 0.382 e. The van der Waals surface area contributed by atoms with Crippen molar-refractivity contribution < 1.29 is 4.39 Å². The van der Waals surface area contributed by atoms with Gasteiger partial charge in [-0.05, 0) is 87.3 Å². The summed E-state index contributed by atoms with van der Waals surface area (Å²) in [5.41, 5.74) is 5.02. The predicted molar refractivity (Wildman–Crippen MR) is 118 cm³/mol. The van der Waals surface area contributed by atoms with Crippen molar-refractivity contribution in [3.63, 3.8) is 0 Å². The van der Waals surface area contributed by atoms with E-state index in [1.165, 1.54) is 0 Å². The van der Waals surface area contributed by atoms with Crippen LogP contribution in [0.25, 0.3) is 0 Å². The van der Waals surface area contributed by atoms with Gasteiger partial charge in [-0.15, -0.1) is 0 Å². The second kappa shape index (κ2) is 10.8. The maximum Gasteiger partial charge on any atom is 0.138 e. The van der Waals surface area contributed by atoms with Gasteiger partial charge in [0.05, 0.1) is 0 Å². The van der Waals surface area contributed by atoms with Crippen molar-refractivity contribution in [3.8, 4) is 0 Å². The standard InChI is InChI=1S/C23H33FN4/c1-5-19(9-12-26-25)23(27-21-10-13-28(4)14-11-21)15-18(3)22-16-20(24)8-6-7-17(22)2/h5-8,12,15-16,20-21,27H,1,9-11,13-14,25H2,2-4H3/b18-15+,23-19+,26-12-. The van der Waals surface area contributed by atoms with Gasteiger partial charge in [-0.25, -0.2) is 4.39 Å². The highest BCUT2D eigenvalue weighted by Gasteiger charge is 2.18. The number of hydrazone groups is 1. The third kappa shape index (κ3) is 6.34. The van der Waals surface area contributed by atoms with Crippen molar-refractivity contribution in [1.82, 2.24) is 10.2 Å². The number of nitrogens with one attached hydrogen (secondary N) is 1. The number of hydrogen-bond donors (Lipinski definition) is 2. The number of alkyl halides is 1.